The minimum Gasteiger partial charge on any atom is -0.481 e. The smallest absolute Gasteiger partial charge is 0.451 e. The van der Waals surface area contributed by atoms with Crippen LogP contribution in [-0.4, -0.2) is 52.3 Å². The van der Waals surface area contributed by atoms with Crippen molar-refractivity contribution in [3.05, 3.63) is 34.6 Å². The van der Waals surface area contributed by atoms with Gasteiger partial charge in [0.05, 0.1) is 18.1 Å². The summed E-state index contributed by atoms with van der Waals surface area (Å²) < 4.78 is 40.8. The average Bonchev–Trinajstić information content (AvgIpc) is 3.49. The third kappa shape index (κ3) is 4.08. The van der Waals surface area contributed by atoms with Crippen LogP contribution in [0.15, 0.2) is 12.3 Å². The largest absolute Gasteiger partial charge is 0.481 e. The number of hydrogen-bond donors (Lipinski definition) is 2. The number of nitrogens with one attached hydrogen (secondary N) is 1. The van der Waals surface area contributed by atoms with E-state index in [0.717, 1.165) is 32.5 Å². The van der Waals surface area contributed by atoms with Crippen LogP contribution in [-0.2, 0) is 36.9 Å². The zero-order valence-electron chi connectivity index (χ0n) is 17.9. The molecule has 0 aromatic carbocycles. The molecule has 4 aromatic heterocycles. The molecule has 5 rings (SSSR count). The lowest BCUT2D eigenvalue weighted by Gasteiger charge is -2.29. The number of aryl methyl sites for hydroxylation is 1. The van der Waals surface area contributed by atoms with E-state index in [1.54, 1.807) is 0 Å². The molecule has 0 atom stereocenters. The monoisotopic (exact) mass is 492 g/mol. The number of thiophene rings is 1. The molecule has 1 aliphatic rings. The fraction of sp³-hybridized carbons (Fsp3) is 0.400. The first-order chi connectivity index (χ1) is 16.2. The standard InChI is InChI=1S/C20H19F3N8O2S/c1-2-3-10-6-11-17(30-4-5-31-14(9-30)28-29-19(31)20(21,22)23)26-16(27-18(11)34-10)12-8-24-13(25-12)7-15(32)33/h6,8H,2-5,7,9H2,1H3,(H,24,25)(H,32,33). The molecule has 10 nitrogen and oxygen atoms in total. The van der Waals surface area contributed by atoms with Crippen LogP contribution in [0.25, 0.3) is 21.7 Å². The number of halogens is 3. The molecule has 178 valence electrons. The lowest BCUT2D eigenvalue weighted by molar-refractivity contribution is -0.147. The van der Waals surface area contributed by atoms with Crippen molar-refractivity contribution in [3.8, 4) is 11.5 Å². The number of carboxylic acid groups (broad SMARTS) is 1. The Morgan fingerprint density at radius 3 is 2.82 bits per heavy atom. The van der Waals surface area contributed by atoms with Crippen molar-refractivity contribution in [1.29, 1.82) is 0 Å². The molecule has 4 aromatic rings. The zero-order valence-corrected chi connectivity index (χ0v) is 18.7. The zero-order chi connectivity index (χ0) is 24.0. The Labute approximate surface area is 194 Å². The highest BCUT2D eigenvalue weighted by molar-refractivity contribution is 7.18. The summed E-state index contributed by atoms with van der Waals surface area (Å²) in [7, 11) is 0. The number of hydrogen-bond acceptors (Lipinski definition) is 8. The number of rotatable bonds is 6. The predicted octanol–water partition coefficient (Wildman–Crippen LogP) is 3.29. The summed E-state index contributed by atoms with van der Waals surface area (Å²) in [5.41, 5.74) is 0.462. The summed E-state index contributed by atoms with van der Waals surface area (Å²) in [4.78, 5) is 31.1. The molecule has 5 heterocycles. The van der Waals surface area contributed by atoms with Gasteiger partial charge < -0.3 is 19.6 Å². The summed E-state index contributed by atoms with van der Waals surface area (Å²) in [6, 6.07) is 2.02. The van der Waals surface area contributed by atoms with E-state index in [-0.39, 0.29) is 37.7 Å². The molecular formula is C20H19F3N8O2S. The number of aliphatic carboxylic acids is 1. The summed E-state index contributed by atoms with van der Waals surface area (Å²) >= 11 is 1.53. The SMILES string of the molecule is CCCc1cc2c(N3CCn4c(nnc4C(F)(F)F)C3)nc(-c3cnc(CC(=O)O)[nH]3)nc2s1. The second-order valence-electron chi connectivity index (χ2n) is 7.88. The van der Waals surface area contributed by atoms with Gasteiger partial charge in [-0.25, -0.2) is 15.0 Å². The van der Waals surface area contributed by atoms with Gasteiger partial charge in [-0.15, -0.1) is 21.5 Å². The number of carbonyl (C=O) groups is 1. The Morgan fingerprint density at radius 2 is 2.09 bits per heavy atom. The van der Waals surface area contributed by atoms with Crippen LogP contribution < -0.4 is 4.90 Å². The molecule has 34 heavy (non-hydrogen) atoms. The highest BCUT2D eigenvalue weighted by Crippen LogP contribution is 2.36. The van der Waals surface area contributed by atoms with E-state index in [1.165, 1.54) is 17.5 Å². The molecule has 2 N–H and O–H groups in total. The van der Waals surface area contributed by atoms with Gasteiger partial charge in [0.2, 0.25) is 5.82 Å². The quantitative estimate of drug-likeness (QED) is 0.420. The molecule has 0 amide bonds. The third-order valence-corrected chi connectivity index (χ3v) is 6.50. The number of carboxylic acids is 1. The van der Waals surface area contributed by atoms with Crippen LogP contribution in [0.4, 0.5) is 19.0 Å². The van der Waals surface area contributed by atoms with Crippen LogP contribution in [0.5, 0.6) is 0 Å². The maximum absolute atomic E-state index is 13.2. The molecule has 0 saturated heterocycles. The minimum absolute atomic E-state index is 0.0662. The van der Waals surface area contributed by atoms with Gasteiger partial charge in [0.15, 0.2) is 11.6 Å². The van der Waals surface area contributed by atoms with Crippen LogP contribution in [0.2, 0.25) is 0 Å². The van der Waals surface area contributed by atoms with E-state index in [4.69, 9.17) is 10.1 Å². The molecule has 0 bridgehead atoms. The fourth-order valence-electron chi connectivity index (χ4n) is 3.94. The topological polar surface area (TPSA) is 126 Å². The van der Waals surface area contributed by atoms with Gasteiger partial charge in [-0.05, 0) is 12.5 Å². The van der Waals surface area contributed by atoms with Crippen LogP contribution >= 0.6 is 11.3 Å². The number of imidazole rings is 1. The molecule has 0 radical (unpaired) electrons. The molecular weight excluding hydrogens is 473 g/mol. The molecule has 14 heteroatoms. The Kier molecular flexibility index (Phi) is 5.46. The van der Waals surface area contributed by atoms with Gasteiger partial charge in [0.25, 0.3) is 0 Å². The van der Waals surface area contributed by atoms with Crippen molar-refractivity contribution >= 4 is 33.3 Å². The van der Waals surface area contributed by atoms with Gasteiger partial charge in [0.1, 0.15) is 28.6 Å². The average molecular weight is 492 g/mol. The van der Waals surface area contributed by atoms with Gasteiger partial charge in [-0.3, -0.25) is 4.79 Å². The van der Waals surface area contributed by atoms with Crippen molar-refractivity contribution in [3.63, 3.8) is 0 Å². The molecule has 0 aliphatic carbocycles. The van der Waals surface area contributed by atoms with Crippen LogP contribution in [0, 0.1) is 0 Å². The van der Waals surface area contributed by atoms with Crippen molar-refractivity contribution in [1.82, 2.24) is 34.7 Å². The normalized spacial score (nSPS) is 14.1. The first-order valence-corrected chi connectivity index (χ1v) is 11.3. The van der Waals surface area contributed by atoms with E-state index in [9.17, 15) is 18.0 Å². The van der Waals surface area contributed by atoms with Gasteiger partial charge >= 0.3 is 12.1 Å². The summed E-state index contributed by atoms with van der Waals surface area (Å²) in [6.45, 7) is 2.54. The third-order valence-electron chi connectivity index (χ3n) is 5.41. The number of H-pyrrole nitrogens is 1. The second kappa shape index (κ2) is 8.34. The van der Waals surface area contributed by atoms with Gasteiger partial charge in [-0.2, -0.15) is 13.2 Å². The molecule has 0 saturated carbocycles. The lowest BCUT2D eigenvalue weighted by Crippen LogP contribution is -2.36. The van der Waals surface area contributed by atoms with Crippen LogP contribution in [0.3, 0.4) is 0 Å². The fourth-order valence-corrected chi connectivity index (χ4v) is 5.07. The van der Waals surface area contributed by atoms with E-state index >= 15 is 0 Å². The lowest BCUT2D eigenvalue weighted by atomic mass is 10.2. The molecule has 0 fully saturated rings. The van der Waals surface area contributed by atoms with Crippen molar-refractivity contribution in [2.24, 2.45) is 0 Å². The van der Waals surface area contributed by atoms with E-state index in [2.05, 4.69) is 32.1 Å². The summed E-state index contributed by atoms with van der Waals surface area (Å²) in [5, 5.41) is 16.9. The Balaban J connectivity index is 1.56. The number of anilines is 1. The first-order valence-electron chi connectivity index (χ1n) is 10.5. The van der Waals surface area contributed by atoms with Gasteiger partial charge in [0, 0.05) is 18.0 Å². The predicted molar refractivity (Wildman–Crippen MR) is 116 cm³/mol. The highest BCUT2D eigenvalue weighted by Gasteiger charge is 2.39. The van der Waals surface area contributed by atoms with E-state index in [1.807, 2.05) is 11.0 Å². The highest BCUT2D eigenvalue weighted by atomic mass is 32.1. The number of aromatic nitrogens is 7. The minimum atomic E-state index is -4.57. The number of alkyl halides is 3. The van der Waals surface area contributed by atoms with Gasteiger partial charge in [-0.1, -0.05) is 13.3 Å². The second-order valence-corrected chi connectivity index (χ2v) is 8.99. The summed E-state index contributed by atoms with van der Waals surface area (Å²) in [6.07, 6.45) is -1.54. The molecule has 1 aliphatic heterocycles. The Morgan fingerprint density at radius 1 is 1.26 bits per heavy atom. The van der Waals surface area contributed by atoms with Crippen molar-refractivity contribution < 1.29 is 23.1 Å². The molecule has 0 unspecified atom stereocenters. The maximum Gasteiger partial charge on any atom is 0.451 e. The summed E-state index contributed by atoms with van der Waals surface area (Å²) in [5.74, 6) is -0.621. The van der Waals surface area contributed by atoms with Crippen molar-refractivity contribution in [2.75, 3.05) is 11.4 Å². The van der Waals surface area contributed by atoms with Crippen molar-refractivity contribution in [2.45, 2.75) is 45.5 Å². The first kappa shape index (κ1) is 22.3. The maximum atomic E-state index is 13.2. The molecule has 0 spiro atoms. The number of aromatic amines is 1. The van der Waals surface area contributed by atoms with Crippen LogP contribution in [0.1, 0.15) is 35.7 Å². The number of fused-ring (bicyclic) bond motifs is 2. The number of nitrogens with zero attached hydrogens (tertiary/aromatic N) is 7. The Bertz CT molecular complexity index is 1380. The van der Waals surface area contributed by atoms with E-state index in [0.29, 0.717) is 17.3 Å². The Hall–Kier alpha value is -3.55. The van der Waals surface area contributed by atoms with E-state index < -0.39 is 18.0 Å².